The largest absolute Gasteiger partial charge is 0.385 e. The van der Waals surface area contributed by atoms with E-state index in [1.807, 2.05) is 19.1 Å². The van der Waals surface area contributed by atoms with Crippen LogP contribution in [-0.4, -0.2) is 25.5 Å². The van der Waals surface area contributed by atoms with Crippen LogP contribution in [0, 0.1) is 13.8 Å². The van der Waals surface area contributed by atoms with Gasteiger partial charge in [-0.3, -0.25) is 4.79 Å². The van der Waals surface area contributed by atoms with E-state index in [1.54, 1.807) is 7.11 Å². The summed E-state index contributed by atoms with van der Waals surface area (Å²) in [6.45, 7) is 4.64. The highest BCUT2D eigenvalue weighted by Crippen LogP contribution is 2.11. The quantitative estimate of drug-likeness (QED) is 0.817. The first-order valence-corrected chi connectivity index (χ1v) is 5.88. The third-order valence-corrected chi connectivity index (χ3v) is 3.00. The van der Waals surface area contributed by atoms with Crippen LogP contribution in [0.5, 0.6) is 0 Å². The molecule has 1 rings (SSSR count). The van der Waals surface area contributed by atoms with Crippen molar-refractivity contribution in [2.45, 2.75) is 32.7 Å². The Morgan fingerprint density at radius 3 is 2.65 bits per heavy atom. The Kier molecular flexibility index (Phi) is 5.32. The molecular formula is C14H21NO2. The fourth-order valence-corrected chi connectivity index (χ4v) is 1.65. The van der Waals surface area contributed by atoms with Gasteiger partial charge in [0.1, 0.15) is 0 Å². The topological polar surface area (TPSA) is 52.3 Å². The summed E-state index contributed by atoms with van der Waals surface area (Å²) in [6.07, 6.45) is 0.992. The zero-order valence-corrected chi connectivity index (χ0v) is 10.8. The molecule has 0 bridgehead atoms. The molecule has 0 heterocycles. The highest BCUT2D eigenvalue weighted by atomic mass is 16.5. The lowest BCUT2D eigenvalue weighted by atomic mass is 9.99. The van der Waals surface area contributed by atoms with Gasteiger partial charge in [0, 0.05) is 20.1 Å². The second-order valence-corrected chi connectivity index (χ2v) is 4.45. The number of nitrogens with two attached hydrogens (primary N) is 1. The van der Waals surface area contributed by atoms with Gasteiger partial charge in [0.2, 0.25) is 0 Å². The van der Waals surface area contributed by atoms with E-state index in [1.165, 1.54) is 11.1 Å². The minimum Gasteiger partial charge on any atom is -0.385 e. The summed E-state index contributed by atoms with van der Waals surface area (Å²) in [4.78, 5) is 11.8. The number of carbonyl (C=O) groups excluding carboxylic acids is 1. The lowest BCUT2D eigenvalue weighted by Crippen LogP contribution is -2.32. The fraction of sp³-hybridized carbons (Fsp3) is 0.500. The standard InChI is InChI=1S/C14H21NO2/c1-10-4-5-12(8-11(10)2)9-14(16)13(15)6-7-17-3/h4-5,8,13H,6-7,9,15H2,1-3H3. The van der Waals surface area contributed by atoms with Gasteiger partial charge >= 0.3 is 0 Å². The van der Waals surface area contributed by atoms with Crippen molar-refractivity contribution >= 4 is 5.78 Å². The minimum atomic E-state index is -0.420. The third-order valence-electron chi connectivity index (χ3n) is 3.00. The Hall–Kier alpha value is -1.19. The maximum Gasteiger partial charge on any atom is 0.153 e. The number of rotatable bonds is 6. The monoisotopic (exact) mass is 235 g/mol. The number of benzene rings is 1. The van der Waals surface area contributed by atoms with E-state index in [-0.39, 0.29) is 5.78 Å². The number of carbonyl (C=O) groups is 1. The minimum absolute atomic E-state index is 0.0744. The summed E-state index contributed by atoms with van der Waals surface area (Å²) in [5.74, 6) is 0.0744. The van der Waals surface area contributed by atoms with Gasteiger partial charge in [-0.2, -0.15) is 0 Å². The van der Waals surface area contributed by atoms with E-state index in [0.717, 1.165) is 5.56 Å². The molecule has 0 aliphatic rings. The van der Waals surface area contributed by atoms with Crippen LogP contribution in [0.15, 0.2) is 18.2 Å². The number of ether oxygens (including phenoxy) is 1. The van der Waals surface area contributed by atoms with Gasteiger partial charge < -0.3 is 10.5 Å². The number of ketones is 1. The van der Waals surface area contributed by atoms with E-state index < -0.39 is 6.04 Å². The first-order chi connectivity index (χ1) is 8.04. The van der Waals surface area contributed by atoms with Crippen molar-refractivity contribution in [3.8, 4) is 0 Å². The zero-order valence-electron chi connectivity index (χ0n) is 10.8. The molecule has 2 N–H and O–H groups in total. The molecule has 0 amide bonds. The normalized spacial score (nSPS) is 12.5. The van der Waals surface area contributed by atoms with Crippen LogP contribution in [0.1, 0.15) is 23.1 Å². The van der Waals surface area contributed by atoms with Crippen molar-refractivity contribution in [2.75, 3.05) is 13.7 Å². The third kappa shape index (κ3) is 4.29. The fourth-order valence-electron chi connectivity index (χ4n) is 1.65. The molecular weight excluding hydrogens is 214 g/mol. The number of Topliss-reactive ketones (excluding diaryl/α,β-unsaturated/α-hetero) is 1. The van der Waals surface area contributed by atoms with Crippen molar-refractivity contribution in [3.05, 3.63) is 34.9 Å². The average molecular weight is 235 g/mol. The summed E-state index contributed by atoms with van der Waals surface area (Å²) in [6, 6.07) is 5.66. The SMILES string of the molecule is COCCC(N)C(=O)Cc1ccc(C)c(C)c1. The molecule has 1 aromatic rings. The van der Waals surface area contributed by atoms with Crippen LogP contribution < -0.4 is 5.73 Å². The van der Waals surface area contributed by atoms with Crippen LogP contribution in [-0.2, 0) is 16.0 Å². The van der Waals surface area contributed by atoms with E-state index in [4.69, 9.17) is 10.5 Å². The van der Waals surface area contributed by atoms with Crippen molar-refractivity contribution in [1.82, 2.24) is 0 Å². The smallest absolute Gasteiger partial charge is 0.153 e. The van der Waals surface area contributed by atoms with Gasteiger partial charge in [-0.1, -0.05) is 18.2 Å². The Bertz CT molecular complexity index is 388. The van der Waals surface area contributed by atoms with Crippen LogP contribution >= 0.6 is 0 Å². The average Bonchev–Trinajstić information content (AvgIpc) is 2.30. The summed E-state index contributed by atoms with van der Waals surface area (Å²) >= 11 is 0. The molecule has 1 unspecified atom stereocenters. The Morgan fingerprint density at radius 2 is 2.06 bits per heavy atom. The van der Waals surface area contributed by atoms with Crippen molar-refractivity contribution in [3.63, 3.8) is 0 Å². The van der Waals surface area contributed by atoms with Gasteiger partial charge in [-0.15, -0.1) is 0 Å². The number of hydrogen-bond acceptors (Lipinski definition) is 3. The predicted molar refractivity (Wildman–Crippen MR) is 69.1 cm³/mol. The second kappa shape index (κ2) is 6.52. The van der Waals surface area contributed by atoms with Crippen molar-refractivity contribution < 1.29 is 9.53 Å². The Labute approximate surface area is 103 Å². The zero-order chi connectivity index (χ0) is 12.8. The van der Waals surface area contributed by atoms with E-state index >= 15 is 0 Å². The van der Waals surface area contributed by atoms with E-state index in [0.29, 0.717) is 19.4 Å². The van der Waals surface area contributed by atoms with Gasteiger partial charge in [0.25, 0.3) is 0 Å². The first-order valence-electron chi connectivity index (χ1n) is 5.88. The first kappa shape index (κ1) is 13.9. The molecule has 3 nitrogen and oxygen atoms in total. The predicted octanol–water partition coefficient (Wildman–Crippen LogP) is 1.78. The molecule has 0 aliphatic carbocycles. The number of hydrogen-bond donors (Lipinski definition) is 1. The summed E-state index contributed by atoms with van der Waals surface area (Å²) < 4.78 is 4.92. The van der Waals surface area contributed by atoms with Crippen LogP contribution in [0.25, 0.3) is 0 Å². The lowest BCUT2D eigenvalue weighted by molar-refractivity contribution is -0.120. The molecule has 0 aliphatic heterocycles. The summed E-state index contributed by atoms with van der Waals surface area (Å²) in [7, 11) is 1.61. The molecule has 0 aromatic heterocycles. The lowest BCUT2D eigenvalue weighted by Gasteiger charge is -2.10. The van der Waals surface area contributed by atoms with Crippen molar-refractivity contribution in [1.29, 1.82) is 0 Å². The van der Waals surface area contributed by atoms with Gasteiger partial charge in [-0.25, -0.2) is 0 Å². The molecule has 0 radical (unpaired) electrons. The summed E-state index contributed by atoms with van der Waals surface area (Å²) in [5.41, 5.74) is 9.27. The second-order valence-electron chi connectivity index (χ2n) is 4.45. The summed E-state index contributed by atoms with van der Waals surface area (Å²) in [5, 5.41) is 0. The van der Waals surface area contributed by atoms with Crippen molar-refractivity contribution in [2.24, 2.45) is 5.73 Å². The van der Waals surface area contributed by atoms with Crippen LogP contribution in [0.4, 0.5) is 0 Å². The van der Waals surface area contributed by atoms with E-state index in [2.05, 4.69) is 13.0 Å². The van der Waals surface area contributed by atoms with E-state index in [9.17, 15) is 4.79 Å². The van der Waals surface area contributed by atoms with Gasteiger partial charge in [0.15, 0.2) is 5.78 Å². The van der Waals surface area contributed by atoms with Crippen LogP contribution in [0.3, 0.4) is 0 Å². The highest BCUT2D eigenvalue weighted by Gasteiger charge is 2.13. The molecule has 0 saturated carbocycles. The van der Waals surface area contributed by atoms with Crippen LogP contribution in [0.2, 0.25) is 0 Å². The Morgan fingerprint density at radius 1 is 1.35 bits per heavy atom. The number of methoxy groups -OCH3 is 1. The molecule has 1 atom stereocenters. The maximum absolute atomic E-state index is 11.8. The molecule has 0 saturated heterocycles. The molecule has 3 heteroatoms. The number of aryl methyl sites for hydroxylation is 2. The van der Waals surface area contributed by atoms with Gasteiger partial charge in [-0.05, 0) is 37.0 Å². The van der Waals surface area contributed by atoms with Gasteiger partial charge in [0.05, 0.1) is 6.04 Å². The molecule has 94 valence electrons. The Balaban J connectivity index is 2.58. The molecule has 0 spiro atoms. The highest BCUT2D eigenvalue weighted by molar-refractivity contribution is 5.85. The molecule has 1 aromatic carbocycles. The molecule has 0 fully saturated rings. The molecule has 17 heavy (non-hydrogen) atoms. The maximum atomic E-state index is 11.8.